The first kappa shape index (κ1) is 13.8. The SMILES string of the molecule is Cc1ncc2scc(C(=O)Nc3cccc4c3ncn4C)c2n1. The summed E-state index contributed by atoms with van der Waals surface area (Å²) in [5.74, 6) is 0.462. The second-order valence-electron chi connectivity index (χ2n) is 5.26. The number of anilines is 1. The number of fused-ring (bicyclic) bond motifs is 2. The molecule has 3 aromatic heterocycles. The van der Waals surface area contributed by atoms with E-state index in [4.69, 9.17) is 0 Å². The number of para-hydroxylation sites is 1. The summed E-state index contributed by atoms with van der Waals surface area (Å²) in [6.45, 7) is 1.81. The molecule has 0 saturated carbocycles. The minimum atomic E-state index is -0.187. The van der Waals surface area contributed by atoms with Crippen molar-refractivity contribution in [3.63, 3.8) is 0 Å². The van der Waals surface area contributed by atoms with Crippen LogP contribution in [0.2, 0.25) is 0 Å². The van der Waals surface area contributed by atoms with Crippen molar-refractivity contribution in [1.29, 1.82) is 0 Å². The van der Waals surface area contributed by atoms with E-state index in [0.717, 1.165) is 15.7 Å². The Hall–Kier alpha value is -2.80. The quantitative estimate of drug-likeness (QED) is 0.615. The number of hydrogen-bond donors (Lipinski definition) is 1. The summed E-state index contributed by atoms with van der Waals surface area (Å²) in [4.78, 5) is 25.6. The van der Waals surface area contributed by atoms with Gasteiger partial charge < -0.3 is 9.88 Å². The molecular weight excluding hydrogens is 310 g/mol. The van der Waals surface area contributed by atoms with Gasteiger partial charge in [-0.3, -0.25) is 4.79 Å². The Morgan fingerprint density at radius 1 is 1.26 bits per heavy atom. The smallest absolute Gasteiger partial charge is 0.258 e. The molecule has 0 saturated heterocycles. The Labute approximate surface area is 135 Å². The molecule has 114 valence electrons. The average molecular weight is 323 g/mol. The highest BCUT2D eigenvalue weighted by atomic mass is 32.1. The van der Waals surface area contributed by atoms with E-state index in [1.807, 2.05) is 42.1 Å². The molecule has 7 heteroatoms. The van der Waals surface area contributed by atoms with Crippen LogP contribution in [0.25, 0.3) is 21.3 Å². The Bertz CT molecular complexity index is 1050. The fourth-order valence-electron chi connectivity index (χ4n) is 2.53. The normalized spacial score (nSPS) is 11.2. The Kier molecular flexibility index (Phi) is 3.09. The third-order valence-corrected chi connectivity index (χ3v) is 4.59. The summed E-state index contributed by atoms with van der Waals surface area (Å²) in [5.41, 5.74) is 3.68. The van der Waals surface area contributed by atoms with Crippen LogP contribution in [-0.4, -0.2) is 25.4 Å². The maximum Gasteiger partial charge on any atom is 0.258 e. The van der Waals surface area contributed by atoms with Gasteiger partial charge in [-0.15, -0.1) is 11.3 Å². The van der Waals surface area contributed by atoms with E-state index >= 15 is 0 Å². The third-order valence-electron chi connectivity index (χ3n) is 3.68. The predicted molar refractivity (Wildman–Crippen MR) is 90.8 cm³/mol. The van der Waals surface area contributed by atoms with Gasteiger partial charge in [0, 0.05) is 18.6 Å². The number of rotatable bonds is 2. The van der Waals surface area contributed by atoms with Gasteiger partial charge in [-0.2, -0.15) is 0 Å². The number of hydrogen-bond acceptors (Lipinski definition) is 5. The van der Waals surface area contributed by atoms with Gasteiger partial charge in [0.1, 0.15) is 11.3 Å². The monoisotopic (exact) mass is 323 g/mol. The van der Waals surface area contributed by atoms with Crippen molar-refractivity contribution in [3.05, 3.63) is 47.5 Å². The number of carbonyl (C=O) groups excluding carboxylic acids is 1. The van der Waals surface area contributed by atoms with E-state index in [0.29, 0.717) is 22.6 Å². The van der Waals surface area contributed by atoms with Crippen LogP contribution in [0.5, 0.6) is 0 Å². The molecule has 23 heavy (non-hydrogen) atoms. The molecule has 4 aromatic rings. The van der Waals surface area contributed by atoms with E-state index in [2.05, 4.69) is 20.3 Å². The van der Waals surface area contributed by atoms with Gasteiger partial charge in [0.15, 0.2) is 0 Å². The molecule has 0 radical (unpaired) electrons. The Morgan fingerprint density at radius 2 is 2.13 bits per heavy atom. The number of benzene rings is 1. The van der Waals surface area contributed by atoms with Gasteiger partial charge in [0.25, 0.3) is 5.91 Å². The van der Waals surface area contributed by atoms with Crippen molar-refractivity contribution >= 4 is 44.2 Å². The van der Waals surface area contributed by atoms with Gasteiger partial charge in [-0.05, 0) is 19.1 Å². The molecule has 3 heterocycles. The maximum absolute atomic E-state index is 12.7. The number of carbonyl (C=O) groups is 1. The van der Waals surface area contributed by atoms with Crippen LogP contribution in [0, 0.1) is 6.92 Å². The fraction of sp³-hybridized carbons (Fsp3) is 0.125. The van der Waals surface area contributed by atoms with E-state index in [9.17, 15) is 4.79 Å². The molecule has 6 nitrogen and oxygen atoms in total. The molecule has 1 N–H and O–H groups in total. The molecule has 0 unspecified atom stereocenters. The number of nitrogens with one attached hydrogen (secondary N) is 1. The first-order valence-corrected chi connectivity index (χ1v) is 7.93. The zero-order valence-corrected chi connectivity index (χ0v) is 13.4. The Balaban J connectivity index is 1.75. The van der Waals surface area contributed by atoms with Crippen LogP contribution in [0.4, 0.5) is 5.69 Å². The summed E-state index contributed by atoms with van der Waals surface area (Å²) in [6.07, 6.45) is 3.48. The van der Waals surface area contributed by atoms with Gasteiger partial charge in [0.05, 0.1) is 33.3 Å². The first-order chi connectivity index (χ1) is 11.1. The number of imidazole rings is 1. The van der Waals surface area contributed by atoms with E-state index < -0.39 is 0 Å². The van der Waals surface area contributed by atoms with E-state index in [-0.39, 0.29) is 5.91 Å². The van der Waals surface area contributed by atoms with Crippen LogP contribution >= 0.6 is 11.3 Å². The molecule has 0 spiro atoms. The van der Waals surface area contributed by atoms with Crippen molar-refractivity contribution in [2.45, 2.75) is 6.92 Å². The summed E-state index contributed by atoms with van der Waals surface area (Å²) in [6, 6.07) is 5.72. The van der Waals surface area contributed by atoms with Gasteiger partial charge in [-0.25, -0.2) is 15.0 Å². The van der Waals surface area contributed by atoms with Gasteiger partial charge in [0.2, 0.25) is 0 Å². The van der Waals surface area contributed by atoms with Crippen LogP contribution in [-0.2, 0) is 7.05 Å². The lowest BCUT2D eigenvalue weighted by Crippen LogP contribution is -2.12. The largest absolute Gasteiger partial charge is 0.334 e. The van der Waals surface area contributed by atoms with Gasteiger partial charge in [-0.1, -0.05) is 6.07 Å². The zero-order valence-electron chi connectivity index (χ0n) is 12.6. The van der Waals surface area contributed by atoms with Gasteiger partial charge >= 0.3 is 0 Å². The molecule has 0 fully saturated rings. The first-order valence-electron chi connectivity index (χ1n) is 7.06. The number of aryl methyl sites for hydroxylation is 2. The lowest BCUT2D eigenvalue weighted by molar-refractivity contribution is 0.102. The highest BCUT2D eigenvalue weighted by molar-refractivity contribution is 7.17. The van der Waals surface area contributed by atoms with Crippen molar-refractivity contribution in [2.75, 3.05) is 5.32 Å². The van der Waals surface area contributed by atoms with Crippen LogP contribution in [0.15, 0.2) is 36.1 Å². The number of aromatic nitrogens is 4. The van der Waals surface area contributed by atoms with E-state index in [1.165, 1.54) is 11.3 Å². The van der Waals surface area contributed by atoms with Crippen LogP contribution < -0.4 is 5.32 Å². The second-order valence-corrected chi connectivity index (χ2v) is 6.17. The molecule has 0 aliphatic carbocycles. The molecule has 1 aromatic carbocycles. The van der Waals surface area contributed by atoms with Crippen molar-refractivity contribution in [3.8, 4) is 0 Å². The highest BCUT2D eigenvalue weighted by Crippen LogP contribution is 2.26. The molecule has 0 atom stereocenters. The molecule has 0 aliphatic heterocycles. The lowest BCUT2D eigenvalue weighted by atomic mass is 10.2. The predicted octanol–water partition coefficient (Wildman–Crippen LogP) is 3.14. The molecule has 4 rings (SSSR count). The summed E-state index contributed by atoms with van der Waals surface area (Å²) >= 11 is 1.46. The lowest BCUT2D eigenvalue weighted by Gasteiger charge is -2.05. The zero-order chi connectivity index (χ0) is 16.0. The summed E-state index contributed by atoms with van der Waals surface area (Å²) in [7, 11) is 1.92. The number of amides is 1. The van der Waals surface area contributed by atoms with E-state index in [1.54, 1.807) is 12.5 Å². The molecule has 0 aliphatic rings. The summed E-state index contributed by atoms with van der Waals surface area (Å²) in [5, 5.41) is 4.76. The average Bonchev–Trinajstić information content (AvgIpc) is 3.12. The number of thiophene rings is 1. The molecule has 0 bridgehead atoms. The van der Waals surface area contributed by atoms with Crippen molar-refractivity contribution in [2.24, 2.45) is 7.05 Å². The topological polar surface area (TPSA) is 72.7 Å². The minimum Gasteiger partial charge on any atom is -0.334 e. The third kappa shape index (κ3) is 2.25. The van der Waals surface area contributed by atoms with Crippen LogP contribution in [0.1, 0.15) is 16.2 Å². The van der Waals surface area contributed by atoms with Crippen molar-refractivity contribution < 1.29 is 4.79 Å². The fourth-order valence-corrected chi connectivity index (χ4v) is 3.37. The highest BCUT2D eigenvalue weighted by Gasteiger charge is 2.16. The summed E-state index contributed by atoms with van der Waals surface area (Å²) < 4.78 is 2.82. The van der Waals surface area contributed by atoms with Crippen LogP contribution in [0.3, 0.4) is 0 Å². The standard InChI is InChI=1S/C16H13N5OS/c1-9-17-6-13-14(19-9)10(7-23-13)16(22)20-11-4-3-5-12-15(11)18-8-21(12)2/h3-8H,1-2H3,(H,20,22). The van der Waals surface area contributed by atoms with Crippen molar-refractivity contribution in [1.82, 2.24) is 19.5 Å². The number of nitrogens with zero attached hydrogens (tertiary/aromatic N) is 4. The second kappa shape index (κ2) is 5.13. The molecular formula is C16H13N5OS. The molecule has 1 amide bonds. The Morgan fingerprint density at radius 3 is 3.00 bits per heavy atom. The maximum atomic E-state index is 12.7. The minimum absolute atomic E-state index is 0.187.